The largest absolute Gasteiger partial charge is 0.480 e. The Morgan fingerprint density at radius 3 is 2.27 bits per heavy atom. The normalized spacial score (nSPS) is 17.1. The van der Waals surface area contributed by atoms with Crippen molar-refractivity contribution in [3.8, 4) is 0 Å². The Kier molecular flexibility index (Phi) is 5.19. The first-order valence-electron chi connectivity index (χ1n) is 7.71. The van der Waals surface area contributed by atoms with Gasteiger partial charge < -0.3 is 10.0 Å². The number of hydrogen-bond donors (Lipinski definition) is 1. The molecule has 1 aliphatic carbocycles. The molecule has 0 bridgehead atoms. The zero-order chi connectivity index (χ0) is 16.3. The fourth-order valence-electron chi connectivity index (χ4n) is 2.57. The molecule has 0 saturated heterocycles. The molecule has 1 aliphatic rings. The monoisotopic (exact) mass is 304 g/mol. The van der Waals surface area contributed by atoms with Crippen LogP contribution in [0.2, 0.25) is 0 Å². The molecule has 120 valence electrons. The lowest BCUT2D eigenvalue weighted by Gasteiger charge is -2.33. The SMILES string of the molecule is CC(C(=O)N(C1CC1)C(C)C(=O)O)N(C)Cc1ccccc1. The minimum atomic E-state index is -0.946. The van der Waals surface area contributed by atoms with Crippen molar-refractivity contribution in [3.63, 3.8) is 0 Å². The number of nitrogens with zero attached hydrogens (tertiary/aromatic N) is 2. The second-order valence-corrected chi connectivity index (χ2v) is 6.07. The molecule has 1 aromatic rings. The van der Waals surface area contributed by atoms with Gasteiger partial charge in [0.1, 0.15) is 6.04 Å². The molecular weight excluding hydrogens is 280 g/mol. The van der Waals surface area contributed by atoms with Crippen LogP contribution < -0.4 is 0 Å². The van der Waals surface area contributed by atoms with E-state index in [2.05, 4.69) is 0 Å². The molecule has 0 radical (unpaired) electrons. The Balaban J connectivity index is 2.04. The number of likely N-dealkylation sites (N-methyl/N-ethyl adjacent to an activating group) is 1. The number of hydrogen-bond acceptors (Lipinski definition) is 3. The number of aliphatic carboxylic acids is 1. The van der Waals surface area contributed by atoms with E-state index in [4.69, 9.17) is 0 Å². The van der Waals surface area contributed by atoms with Crippen molar-refractivity contribution in [1.82, 2.24) is 9.80 Å². The van der Waals surface area contributed by atoms with Crippen LogP contribution in [0.15, 0.2) is 30.3 Å². The smallest absolute Gasteiger partial charge is 0.326 e. The van der Waals surface area contributed by atoms with E-state index in [-0.39, 0.29) is 18.0 Å². The average molecular weight is 304 g/mol. The van der Waals surface area contributed by atoms with Crippen molar-refractivity contribution in [2.75, 3.05) is 7.05 Å². The summed E-state index contributed by atoms with van der Waals surface area (Å²) in [5, 5.41) is 9.23. The summed E-state index contributed by atoms with van der Waals surface area (Å²) in [5.74, 6) is -1.05. The minimum Gasteiger partial charge on any atom is -0.480 e. The van der Waals surface area contributed by atoms with Gasteiger partial charge in [0.05, 0.1) is 6.04 Å². The van der Waals surface area contributed by atoms with E-state index in [0.29, 0.717) is 6.54 Å². The van der Waals surface area contributed by atoms with Gasteiger partial charge in [-0.3, -0.25) is 9.69 Å². The molecule has 5 heteroatoms. The van der Waals surface area contributed by atoms with Crippen LogP contribution in [0.25, 0.3) is 0 Å². The minimum absolute atomic E-state index is 0.0891. The molecule has 22 heavy (non-hydrogen) atoms. The van der Waals surface area contributed by atoms with Gasteiger partial charge in [0, 0.05) is 12.6 Å². The van der Waals surface area contributed by atoms with Gasteiger partial charge in [-0.15, -0.1) is 0 Å². The van der Waals surface area contributed by atoms with E-state index in [1.54, 1.807) is 11.8 Å². The lowest BCUT2D eigenvalue weighted by Crippen LogP contribution is -2.52. The van der Waals surface area contributed by atoms with Crippen LogP contribution in [0, 0.1) is 0 Å². The zero-order valence-corrected chi connectivity index (χ0v) is 13.4. The summed E-state index contributed by atoms with van der Waals surface area (Å²) < 4.78 is 0. The van der Waals surface area contributed by atoms with Crippen molar-refractivity contribution in [1.29, 1.82) is 0 Å². The Morgan fingerprint density at radius 2 is 1.77 bits per heavy atom. The Morgan fingerprint density at radius 1 is 1.18 bits per heavy atom. The number of rotatable bonds is 7. The zero-order valence-electron chi connectivity index (χ0n) is 13.4. The highest BCUT2D eigenvalue weighted by atomic mass is 16.4. The van der Waals surface area contributed by atoms with E-state index in [0.717, 1.165) is 18.4 Å². The van der Waals surface area contributed by atoms with Crippen molar-refractivity contribution < 1.29 is 14.7 Å². The van der Waals surface area contributed by atoms with Gasteiger partial charge in [0.15, 0.2) is 0 Å². The van der Waals surface area contributed by atoms with Crippen molar-refractivity contribution in [2.24, 2.45) is 0 Å². The number of carboxylic acid groups (broad SMARTS) is 1. The molecule has 5 nitrogen and oxygen atoms in total. The summed E-state index contributed by atoms with van der Waals surface area (Å²) in [5.41, 5.74) is 1.13. The van der Waals surface area contributed by atoms with Gasteiger partial charge in [0.25, 0.3) is 0 Å². The average Bonchev–Trinajstić information content (AvgIpc) is 3.32. The van der Waals surface area contributed by atoms with E-state index < -0.39 is 12.0 Å². The third-order valence-electron chi connectivity index (χ3n) is 4.26. The highest BCUT2D eigenvalue weighted by Crippen LogP contribution is 2.30. The lowest BCUT2D eigenvalue weighted by molar-refractivity contribution is -0.152. The number of carboxylic acids is 1. The Labute approximate surface area is 131 Å². The fourth-order valence-corrected chi connectivity index (χ4v) is 2.57. The summed E-state index contributed by atoms with van der Waals surface area (Å²) >= 11 is 0. The molecule has 2 unspecified atom stereocenters. The molecule has 0 heterocycles. The van der Waals surface area contributed by atoms with E-state index in [9.17, 15) is 14.7 Å². The van der Waals surface area contributed by atoms with Crippen LogP contribution in [-0.2, 0) is 16.1 Å². The third-order valence-corrected chi connectivity index (χ3v) is 4.26. The maximum Gasteiger partial charge on any atom is 0.326 e. The van der Waals surface area contributed by atoms with Crippen LogP contribution in [0.1, 0.15) is 32.3 Å². The molecule has 0 spiro atoms. The lowest BCUT2D eigenvalue weighted by atomic mass is 10.1. The second kappa shape index (κ2) is 6.92. The van der Waals surface area contributed by atoms with Gasteiger partial charge >= 0.3 is 5.97 Å². The van der Waals surface area contributed by atoms with Crippen LogP contribution in [0.3, 0.4) is 0 Å². The summed E-state index contributed by atoms with van der Waals surface area (Å²) in [6.07, 6.45) is 1.80. The number of carbonyl (C=O) groups is 2. The van der Waals surface area contributed by atoms with Gasteiger partial charge in [-0.25, -0.2) is 4.79 Å². The first-order valence-corrected chi connectivity index (χ1v) is 7.71. The summed E-state index contributed by atoms with van der Waals surface area (Å²) in [7, 11) is 1.89. The van der Waals surface area contributed by atoms with E-state index >= 15 is 0 Å². The van der Waals surface area contributed by atoms with E-state index in [1.807, 2.05) is 49.2 Å². The molecule has 2 atom stereocenters. The van der Waals surface area contributed by atoms with E-state index in [1.165, 1.54) is 0 Å². The van der Waals surface area contributed by atoms with Crippen molar-refractivity contribution in [3.05, 3.63) is 35.9 Å². The molecule has 0 aliphatic heterocycles. The number of carbonyl (C=O) groups excluding carboxylic acids is 1. The topological polar surface area (TPSA) is 60.9 Å². The maximum absolute atomic E-state index is 12.7. The van der Waals surface area contributed by atoms with Crippen molar-refractivity contribution in [2.45, 2.75) is 51.4 Å². The molecule has 0 aromatic heterocycles. The third kappa shape index (κ3) is 3.85. The quantitative estimate of drug-likeness (QED) is 0.836. The number of benzene rings is 1. The van der Waals surface area contributed by atoms with Gasteiger partial charge in [-0.2, -0.15) is 0 Å². The first-order chi connectivity index (χ1) is 10.4. The molecule has 1 saturated carbocycles. The Hall–Kier alpha value is -1.88. The first kappa shape index (κ1) is 16.5. The summed E-state index contributed by atoms with van der Waals surface area (Å²) in [6.45, 7) is 4.09. The van der Waals surface area contributed by atoms with Crippen molar-refractivity contribution >= 4 is 11.9 Å². The highest BCUT2D eigenvalue weighted by Gasteiger charge is 2.40. The van der Waals surface area contributed by atoms with Gasteiger partial charge in [-0.05, 0) is 39.3 Å². The van der Waals surface area contributed by atoms with Crippen LogP contribution in [-0.4, -0.2) is 52.0 Å². The predicted molar refractivity (Wildman–Crippen MR) is 84.3 cm³/mol. The molecule has 1 N–H and O–H groups in total. The molecule has 1 amide bonds. The van der Waals surface area contributed by atoms with Gasteiger partial charge in [-0.1, -0.05) is 30.3 Å². The van der Waals surface area contributed by atoms with Crippen LogP contribution >= 0.6 is 0 Å². The number of amides is 1. The predicted octanol–water partition coefficient (Wildman–Crippen LogP) is 1.97. The molecular formula is C17H24N2O3. The van der Waals surface area contributed by atoms with Crippen LogP contribution in [0.5, 0.6) is 0 Å². The molecule has 2 rings (SSSR count). The fraction of sp³-hybridized carbons (Fsp3) is 0.529. The Bertz CT molecular complexity index is 528. The maximum atomic E-state index is 12.7. The molecule has 1 fully saturated rings. The summed E-state index contributed by atoms with van der Waals surface area (Å²) in [6, 6.07) is 8.92. The van der Waals surface area contributed by atoms with Gasteiger partial charge in [0.2, 0.25) is 5.91 Å². The highest BCUT2D eigenvalue weighted by molar-refractivity contribution is 5.87. The van der Waals surface area contributed by atoms with Crippen LogP contribution in [0.4, 0.5) is 0 Å². The standard InChI is InChI=1S/C17H24N2O3/c1-12(18(3)11-14-7-5-4-6-8-14)16(20)19(15-9-10-15)13(2)17(21)22/h4-8,12-13,15H,9-11H2,1-3H3,(H,21,22). The summed E-state index contributed by atoms with van der Waals surface area (Å²) in [4.78, 5) is 27.5. The molecule has 1 aromatic carbocycles. The second-order valence-electron chi connectivity index (χ2n) is 6.07.